The van der Waals surface area contributed by atoms with Crippen molar-refractivity contribution in [2.45, 2.75) is 17.8 Å². The zero-order valence-corrected chi connectivity index (χ0v) is 7.73. The minimum atomic E-state index is 0.0182. The average molecular weight is 242 g/mol. The van der Waals surface area contributed by atoms with E-state index in [-0.39, 0.29) is 18.9 Å². The maximum atomic E-state index is 3.48. The Hall–Kier alpha value is 1.28. The number of hydrogen-bond acceptors (Lipinski definition) is 0. The van der Waals surface area contributed by atoms with E-state index in [2.05, 4.69) is 19.6 Å². The van der Waals surface area contributed by atoms with Gasteiger partial charge in [0.15, 0.2) is 0 Å². The first-order valence-electron chi connectivity index (χ1n) is 1.75. The first-order chi connectivity index (χ1) is 2.41. The molecule has 0 rings (SSSR count). The third-order valence-corrected chi connectivity index (χ3v) is 4.97. The first kappa shape index (κ1) is 6.28. The molecule has 0 aliphatic carbocycles. The second kappa shape index (κ2) is 5.28. The van der Waals surface area contributed by atoms with Crippen LogP contribution in [0.1, 0.15) is 13.3 Å². The van der Waals surface area contributed by atoms with E-state index in [1.54, 1.807) is 0 Å². The molecule has 2 heteroatoms. The van der Waals surface area contributed by atoms with E-state index in [0.717, 1.165) is 0 Å². The molecule has 0 heterocycles. The Morgan fingerprint density at radius 3 is 2.40 bits per heavy atom. The molecule has 0 atom stereocenters. The van der Waals surface area contributed by atoms with Crippen LogP contribution in [0.15, 0.2) is 0 Å². The predicted molar refractivity (Wildman–Crippen MR) is 29.8 cm³/mol. The van der Waals surface area contributed by atoms with Gasteiger partial charge in [-0.15, -0.1) is 0 Å². The van der Waals surface area contributed by atoms with Crippen LogP contribution < -0.4 is 0 Å². The quantitative estimate of drug-likeness (QED) is 0.647. The summed E-state index contributed by atoms with van der Waals surface area (Å²) in [4.78, 5) is 0. The zero-order valence-electron chi connectivity index (χ0n) is 3.29. The van der Waals surface area contributed by atoms with Gasteiger partial charge in [-0.25, -0.2) is 0 Å². The molecule has 2 radical (unpaired) electrons. The average Bonchev–Trinajstić information content (AvgIpc) is 1.41. The topological polar surface area (TPSA) is 0 Å². The Morgan fingerprint density at radius 1 is 1.80 bits per heavy atom. The Labute approximate surface area is 49.3 Å². The predicted octanol–water partition coefficient (Wildman–Crippen LogP) is 1.83. The molecule has 0 nitrogen and oxygen atoms in total. The second-order valence-electron chi connectivity index (χ2n) is 0.884. The van der Waals surface area contributed by atoms with E-state index in [9.17, 15) is 0 Å². The van der Waals surface area contributed by atoms with E-state index in [0.29, 0.717) is 0 Å². The molecule has 0 aliphatic heterocycles. The van der Waals surface area contributed by atoms with Crippen LogP contribution in [0.5, 0.6) is 0 Å². The Kier molecular flexibility index (Phi) is 6.63. The van der Waals surface area contributed by atoms with Crippen molar-refractivity contribution in [1.29, 1.82) is 0 Å². The Bertz CT molecular complexity index is 14.4. The molecule has 0 aromatic rings. The van der Waals surface area contributed by atoms with Crippen LogP contribution in [0.25, 0.3) is 0 Å². The molecule has 0 unspecified atom stereocenters. The van der Waals surface area contributed by atoms with Crippen molar-refractivity contribution in [3.05, 3.63) is 0 Å². The molecule has 0 aromatic heterocycles. The first-order valence-corrected chi connectivity index (χ1v) is 10.2. The molecular formula is C3H7BrSn. The summed E-state index contributed by atoms with van der Waals surface area (Å²) in [6.07, 6.45) is 1.37. The van der Waals surface area contributed by atoms with Crippen molar-refractivity contribution in [1.82, 2.24) is 0 Å². The van der Waals surface area contributed by atoms with Crippen molar-refractivity contribution in [3.63, 3.8) is 0 Å². The van der Waals surface area contributed by atoms with Crippen molar-refractivity contribution in [2.75, 3.05) is 0 Å². The van der Waals surface area contributed by atoms with Gasteiger partial charge >= 0.3 is 49.4 Å². The van der Waals surface area contributed by atoms with Crippen molar-refractivity contribution in [3.8, 4) is 0 Å². The third kappa shape index (κ3) is 5.28. The van der Waals surface area contributed by atoms with Crippen LogP contribution in [0.4, 0.5) is 0 Å². The van der Waals surface area contributed by atoms with E-state index in [4.69, 9.17) is 0 Å². The van der Waals surface area contributed by atoms with Crippen LogP contribution in [0.2, 0.25) is 4.44 Å². The van der Waals surface area contributed by atoms with Gasteiger partial charge in [0.05, 0.1) is 0 Å². The Balaban J connectivity index is 2.19. The van der Waals surface area contributed by atoms with Gasteiger partial charge in [0.2, 0.25) is 0 Å². The number of rotatable bonds is 2. The van der Waals surface area contributed by atoms with E-state index >= 15 is 0 Å². The van der Waals surface area contributed by atoms with Crippen LogP contribution in [0, 0.1) is 0 Å². The van der Waals surface area contributed by atoms with E-state index in [1.807, 2.05) is 0 Å². The van der Waals surface area contributed by atoms with E-state index < -0.39 is 0 Å². The molecule has 5 heavy (non-hydrogen) atoms. The summed E-state index contributed by atoms with van der Waals surface area (Å²) in [5, 5.41) is 0. The summed E-state index contributed by atoms with van der Waals surface area (Å²) in [5.74, 6) is 0. The molecule has 30 valence electrons. The van der Waals surface area contributed by atoms with Crippen LogP contribution in [-0.4, -0.2) is 18.9 Å². The third-order valence-electron chi connectivity index (χ3n) is 0.344. The van der Waals surface area contributed by atoms with Gasteiger partial charge < -0.3 is 0 Å². The Morgan fingerprint density at radius 2 is 2.40 bits per heavy atom. The molecule has 0 N–H and O–H groups in total. The molecule has 0 amide bonds. The molecule has 0 aliphatic rings. The van der Waals surface area contributed by atoms with Gasteiger partial charge in [-0.3, -0.25) is 0 Å². The summed E-state index contributed by atoms with van der Waals surface area (Å²) < 4.78 is 1.48. The van der Waals surface area contributed by atoms with Gasteiger partial charge in [0, 0.05) is 0 Å². The summed E-state index contributed by atoms with van der Waals surface area (Å²) >= 11 is 3.50. The van der Waals surface area contributed by atoms with E-state index in [1.165, 1.54) is 10.9 Å². The number of hydrogen-bond donors (Lipinski definition) is 0. The SMILES string of the molecule is CC[CH2][Sn][Br]. The fourth-order valence-electron chi connectivity index (χ4n) is 0.0945. The molecule has 0 aromatic carbocycles. The number of halogens is 1. The van der Waals surface area contributed by atoms with Gasteiger partial charge in [0.25, 0.3) is 0 Å². The van der Waals surface area contributed by atoms with Gasteiger partial charge in [-0.2, -0.15) is 0 Å². The molecule has 0 spiro atoms. The van der Waals surface area contributed by atoms with Crippen molar-refractivity contribution in [2.24, 2.45) is 0 Å². The summed E-state index contributed by atoms with van der Waals surface area (Å²) in [7, 11) is 0. The monoisotopic (exact) mass is 242 g/mol. The van der Waals surface area contributed by atoms with Crippen LogP contribution in [0.3, 0.4) is 0 Å². The molecule has 0 fully saturated rings. The molecule has 0 bridgehead atoms. The zero-order chi connectivity index (χ0) is 4.12. The molecule has 0 saturated heterocycles. The van der Waals surface area contributed by atoms with Crippen molar-refractivity contribution < 1.29 is 0 Å². The molecule has 0 saturated carbocycles. The van der Waals surface area contributed by atoms with Gasteiger partial charge in [-0.1, -0.05) is 0 Å². The molecular weight excluding hydrogens is 235 g/mol. The summed E-state index contributed by atoms with van der Waals surface area (Å²) in [5.41, 5.74) is 0. The maximum absolute atomic E-state index is 3.48. The van der Waals surface area contributed by atoms with Crippen LogP contribution >= 0.6 is 12.7 Å². The summed E-state index contributed by atoms with van der Waals surface area (Å²) in [6, 6.07) is 0. The van der Waals surface area contributed by atoms with Crippen molar-refractivity contribution >= 4 is 31.6 Å². The fraction of sp³-hybridized carbons (Fsp3) is 1.00. The second-order valence-corrected chi connectivity index (χ2v) is 6.83. The minimum absolute atomic E-state index is 0.0182. The van der Waals surface area contributed by atoms with Gasteiger partial charge in [0.1, 0.15) is 0 Å². The standard InChI is InChI=1S/C3H7.BrH.Sn/c1-3-2;;/h1,3H2,2H3;1H;/q;;+1/p-1. The van der Waals surface area contributed by atoms with Gasteiger partial charge in [-0.05, 0) is 0 Å². The van der Waals surface area contributed by atoms with Crippen LogP contribution in [-0.2, 0) is 0 Å². The summed E-state index contributed by atoms with van der Waals surface area (Å²) in [6.45, 7) is 2.22. The normalized spacial score (nSPS) is 8.40. The fourth-order valence-corrected chi connectivity index (χ4v) is 3.29.